The van der Waals surface area contributed by atoms with E-state index in [1.807, 2.05) is 13.8 Å². The Labute approximate surface area is 107 Å². The third kappa shape index (κ3) is 4.44. The zero-order chi connectivity index (χ0) is 13.6. The second-order valence-electron chi connectivity index (χ2n) is 5.05. The van der Waals surface area contributed by atoms with E-state index in [0.717, 1.165) is 19.4 Å². The second kappa shape index (κ2) is 6.49. The van der Waals surface area contributed by atoms with Crippen molar-refractivity contribution in [3.05, 3.63) is 12.7 Å². The molecule has 0 saturated heterocycles. The lowest BCUT2D eigenvalue weighted by atomic mass is 9.94. The van der Waals surface area contributed by atoms with Crippen molar-refractivity contribution in [3.63, 3.8) is 0 Å². The first-order valence-electron chi connectivity index (χ1n) is 6.27. The third-order valence-electron chi connectivity index (χ3n) is 2.86. The molecule has 0 aliphatic carbocycles. The van der Waals surface area contributed by atoms with Crippen molar-refractivity contribution < 1.29 is 9.90 Å². The van der Waals surface area contributed by atoms with Gasteiger partial charge in [-0.1, -0.05) is 0 Å². The largest absolute Gasteiger partial charge is 0.480 e. The smallest absolute Gasteiger partial charge is 0.323 e. The van der Waals surface area contributed by atoms with Crippen LogP contribution in [-0.2, 0) is 11.3 Å². The summed E-state index contributed by atoms with van der Waals surface area (Å²) in [5.41, 5.74) is -0.851. The average molecular weight is 254 g/mol. The van der Waals surface area contributed by atoms with E-state index in [1.165, 1.54) is 6.33 Å². The summed E-state index contributed by atoms with van der Waals surface area (Å²) in [7, 11) is 0. The van der Waals surface area contributed by atoms with Crippen molar-refractivity contribution in [2.24, 2.45) is 0 Å². The molecular formula is C12H22N4O2. The van der Waals surface area contributed by atoms with Gasteiger partial charge in [0.05, 0.1) is 0 Å². The molecule has 0 radical (unpaired) electrons. The van der Waals surface area contributed by atoms with Crippen LogP contribution in [-0.4, -0.2) is 37.4 Å². The van der Waals surface area contributed by atoms with Gasteiger partial charge in [0.25, 0.3) is 0 Å². The molecule has 1 heterocycles. The lowest BCUT2D eigenvalue weighted by Gasteiger charge is -2.28. The number of hydrogen-bond donors (Lipinski definition) is 2. The monoisotopic (exact) mass is 254 g/mol. The standard InChI is InChI=1S/C12H22N4O2/c1-10(2)15-12(3,11(17)18)6-4-5-7-16-9-13-8-14-16/h8-10,15H,4-7H2,1-3H3,(H,17,18). The van der Waals surface area contributed by atoms with Gasteiger partial charge in [-0.3, -0.25) is 14.8 Å². The fourth-order valence-corrected chi connectivity index (χ4v) is 1.98. The minimum absolute atomic E-state index is 0.154. The molecule has 102 valence electrons. The predicted molar refractivity (Wildman–Crippen MR) is 68.2 cm³/mol. The van der Waals surface area contributed by atoms with E-state index in [2.05, 4.69) is 15.4 Å². The van der Waals surface area contributed by atoms with E-state index in [9.17, 15) is 9.90 Å². The van der Waals surface area contributed by atoms with Crippen molar-refractivity contribution in [3.8, 4) is 0 Å². The van der Waals surface area contributed by atoms with E-state index < -0.39 is 11.5 Å². The maximum atomic E-state index is 11.3. The van der Waals surface area contributed by atoms with E-state index >= 15 is 0 Å². The number of hydrogen-bond acceptors (Lipinski definition) is 4. The summed E-state index contributed by atoms with van der Waals surface area (Å²) >= 11 is 0. The second-order valence-corrected chi connectivity index (χ2v) is 5.05. The normalized spacial score (nSPS) is 14.7. The van der Waals surface area contributed by atoms with Crippen LogP contribution in [0.1, 0.15) is 40.0 Å². The number of unbranched alkanes of at least 4 members (excludes halogenated alkanes) is 1. The minimum atomic E-state index is -0.851. The number of nitrogens with zero attached hydrogens (tertiary/aromatic N) is 3. The first kappa shape index (κ1) is 14.6. The molecular weight excluding hydrogens is 232 g/mol. The van der Waals surface area contributed by atoms with Gasteiger partial charge in [0.2, 0.25) is 0 Å². The molecule has 0 aliphatic heterocycles. The van der Waals surface area contributed by atoms with Gasteiger partial charge in [-0.05, 0) is 40.0 Å². The molecule has 0 bridgehead atoms. The number of aliphatic carboxylic acids is 1. The molecule has 0 aliphatic rings. The Bertz CT molecular complexity index is 364. The number of carboxylic acid groups (broad SMARTS) is 1. The van der Waals surface area contributed by atoms with E-state index in [-0.39, 0.29) is 6.04 Å². The molecule has 1 aromatic rings. The number of nitrogens with one attached hydrogen (secondary N) is 1. The van der Waals surface area contributed by atoms with Crippen LogP contribution < -0.4 is 5.32 Å². The van der Waals surface area contributed by atoms with Crippen LogP contribution in [0, 0.1) is 0 Å². The lowest BCUT2D eigenvalue weighted by Crippen LogP contribution is -2.52. The summed E-state index contributed by atoms with van der Waals surface area (Å²) in [6.45, 7) is 6.43. The SMILES string of the molecule is CC(C)NC(C)(CCCCn1cncn1)C(=O)O. The van der Waals surface area contributed by atoms with Crippen LogP contribution in [0.2, 0.25) is 0 Å². The molecule has 1 rings (SSSR count). The van der Waals surface area contributed by atoms with Gasteiger partial charge >= 0.3 is 5.97 Å². The van der Waals surface area contributed by atoms with Crippen LogP contribution in [0.3, 0.4) is 0 Å². The van der Waals surface area contributed by atoms with Crippen molar-refractivity contribution in [2.45, 2.75) is 58.2 Å². The Morgan fingerprint density at radius 3 is 2.72 bits per heavy atom. The van der Waals surface area contributed by atoms with Gasteiger partial charge in [0, 0.05) is 12.6 Å². The molecule has 0 aromatic carbocycles. The zero-order valence-electron chi connectivity index (χ0n) is 11.3. The maximum Gasteiger partial charge on any atom is 0.323 e. The van der Waals surface area contributed by atoms with Crippen LogP contribution in [0.5, 0.6) is 0 Å². The van der Waals surface area contributed by atoms with Crippen molar-refractivity contribution in [1.29, 1.82) is 0 Å². The average Bonchev–Trinajstić information content (AvgIpc) is 2.76. The molecule has 0 amide bonds. The summed E-state index contributed by atoms with van der Waals surface area (Å²) in [6, 6.07) is 0.154. The van der Waals surface area contributed by atoms with Gasteiger partial charge < -0.3 is 5.11 Å². The van der Waals surface area contributed by atoms with Crippen LogP contribution >= 0.6 is 0 Å². The lowest BCUT2D eigenvalue weighted by molar-refractivity contribution is -0.144. The van der Waals surface area contributed by atoms with Crippen molar-refractivity contribution in [2.75, 3.05) is 0 Å². The van der Waals surface area contributed by atoms with Crippen molar-refractivity contribution >= 4 is 5.97 Å². The highest BCUT2D eigenvalue weighted by atomic mass is 16.4. The van der Waals surface area contributed by atoms with Gasteiger partial charge in [-0.2, -0.15) is 5.10 Å². The summed E-state index contributed by atoms with van der Waals surface area (Å²) in [4.78, 5) is 15.2. The fraction of sp³-hybridized carbons (Fsp3) is 0.750. The van der Waals surface area contributed by atoms with Crippen LogP contribution in [0.25, 0.3) is 0 Å². The van der Waals surface area contributed by atoms with Gasteiger partial charge in [-0.25, -0.2) is 4.98 Å². The molecule has 2 N–H and O–H groups in total. The zero-order valence-corrected chi connectivity index (χ0v) is 11.3. The highest BCUT2D eigenvalue weighted by Crippen LogP contribution is 2.15. The van der Waals surface area contributed by atoms with E-state index in [1.54, 1.807) is 17.9 Å². The van der Waals surface area contributed by atoms with Crippen LogP contribution in [0.4, 0.5) is 0 Å². The molecule has 0 saturated carbocycles. The molecule has 6 nitrogen and oxygen atoms in total. The maximum absolute atomic E-state index is 11.3. The summed E-state index contributed by atoms with van der Waals surface area (Å²) in [6.07, 6.45) is 5.51. The topological polar surface area (TPSA) is 80.0 Å². The van der Waals surface area contributed by atoms with E-state index in [0.29, 0.717) is 6.42 Å². The number of aromatic nitrogens is 3. The Morgan fingerprint density at radius 2 is 2.22 bits per heavy atom. The summed E-state index contributed by atoms with van der Waals surface area (Å²) in [5, 5.41) is 16.4. The quantitative estimate of drug-likeness (QED) is 0.683. The van der Waals surface area contributed by atoms with Crippen molar-refractivity contribution in [1.82, 2.24) is 20.1 Å². The van der Waals surface area contributed by atoms with Gasteiger partial charge in [0.15, 0.2) is 0 Å². The molecule has 1 atom stereocenters. The summed E-state index contributed by atoms with van der Waals surface area (Å²) in [5.74, 6) is -0.794. The Balaban J connectivity index is 2.36. The highest BCUT2D eigenvalue weighted by molar-refractivity contribution is 5.78. The number of rotatable bonds is 8. The van der Waals surface area contributed by atoms with E-state index in [4.69, 9.17) is 0 Å². The Morgan fingerprint density at radius 1 is 1.50 bits per heavy atom. The molecule has 6 heteroatoms. The first-order valence-corrected chi connectivity index (χ1v) is 6.27. The molecule has 0 spiro atoms. The number of carboxylic acids is 1. The molecule has 18 heavy (non-hydrogen) atoms. The van der Waals surface area contributed by atoms with Gasteiger partial charge in [-0.15, -0.1) is 0 Å². The molecule has 1 aromatic heterocycles. The number of aryl methyl sites for hydroxylation is 1. The fourth-order valence-electron chi connectivity index (χ4n) is 1.98. The highest BCUT2D eigenvalue weighted by Gasteiger charge is 2.32. The third-order valence-corrected chi connectivity index (χ3v) is 2.86. The first-order chi connectivity index (χ1) is 8.44. The van der Waals surface area contributed by atoms with Gasteiger partial charge in [0.1, 0.15) is 18.2 Å². The summed E-state index contributed by atoms with van der Waals surface area (Å²) < 4.78 is 1.76. The Kier molecular flexibility index (Phi) is 5.27. The minimum Gasteiger partial charge on any atom is -0.480 e. The molecule has 1 unspecified atom stereocenters. The molecule has 0 fully saturated rings. The number of carbonyl (C=O) groups is 1. The predicted octanol–water partition coefficient (Wildman–Crippen LogP) is 1.29. The van der Waals surface area contributed by atoms with Crippen LogP contribution in [0.15, 0.2) is 12.7 Å². The Hall–Kier alpha value is -1.43.